The zero-order valence-corrected chi connectivity index (χ0v) is 15.7. The number of hydrogen-bond donors (Lipinski definition) is 3. The number of benzene rings is 2. The Bertz CT molecular complexity index is 748. The molecule has 0 spiro atoms. The van der Waals surface area contributed by atoms with Gasteiger partial charge in [-0.15, -0.1) is 0 Å². The van der Waals surface area contributed by atoms with Crippen molar-refractivity contribution in [3.05, 3.63) is 60.2 Å². The Balaban J connectivity index is 1.72. The first-order valence-electron chi connectivity index (χ1n) is 9.46. The number of nitrogens with two attached hydrogens (primary N) is 1. The van der Waals surface area contributed by atoms with Crippen molar-refractivity contribution >= 4 is 11.5 Å². The minimum atomic E-state index is -0.658. The molecule has 27 heavy (non-hydrogen) atoms. The first-order chi connectivity index (χ1) is 13.0. The van der Waals surface area contributed by atoms with Crippen LogP contribution in [0.25, 0.3) is 0 Å². The van der Waals surface area contributed by atoms with Crippen LogP contribution >= 0.6 is 0 Å². The predicted molar refractivity (Wildman–Crippen MR) is 107 cm³/mol. The van der Waals surface area contributed by atoms with Crippen LogP contribution in [0.3, 0.4) is 0 Å². The molecule has 0 amide bonds. The van der Waals surface area contributed by atoms with E-state index in [9.17, 15) is 9.90 Å². The fraction of sp³-hybridized carbons (Fsp3) is 0.409. The van der Waals surface area contributed by atoms with Crippen molar-refractivity contribution in [1.82, 2.24) is 5.32 Å². The van der Waals surface area contributed by atoms with E-state index in [0.29, 0.717) is 24.4 Å². The van der Waals surface area contributed by atoms with Gasteiger partial charge in [0.15, 0.2) is 0 Å². The molecule has 2 aromatic carbocycles. The molecule has 0 aromatic heterocycles. The van der Waals surface area contributed by atoms with Crippen LogP contribution in [0.5, 0.6) is 5.75 Å². The minimum Gasteiger partial charge on any atom is -0.491 e. The smallest absolute Gasteiger partial charge is 0.140 e. The number of Topliss-reactive ketones (excluding diaryl/α,β-unsaturated/α-hetero) is 1. The molecule has 1 aliphatic heterocycles. The molecule has 0 saturated carbocycles. The zero-order valence-electron chi connectivity index (χ0n) is 15.7. The lowest BCUT2D eigenvalue weighted by Gasteiger charge is -2.44. The summed E-state index contributed by atoms with van der Waals surface area (Å²) < 4.78 is 5.69. The van der Waals surface area contributed by atoms with Crippen molar-refractivity contribution in [2.24, 2.45) is 5.92 Å². The first-order valence-corrected chi connectivity index (χ1v) is 9.46. The molecule has 1 fully saturated rings. The van der Waals surface area contributed by atoms with E-state index in [4.69, 9.17) is 10.5 Å². The number of nitrogens with one attached hydrogen (secondary N) is 1. The van der Waals surface area contributed by atoms with Crippen LogP contribution in [0, 0.1) is 5.92 Å². The van der Waals surface area contributed by atoms with Gasteiger partial charge in [-0.05, 0) is 68.6 Å². The third-order valence-corrected chi connectivity index (χ3v) is 5.58. The van der Waals surface area contributed by atoms with Crippen LogP contribution in [0.15, 0.2) is 54.6 Å². The molecular formula is C22H28N2O3. The molecule has 3 atom stereocenters. The Morgan fingerprint density at radius 1 is 1.26 bits per heavy atom. The van der Waals surface area contributed by atoms with Gasteiger partial charge in [0.1, 0.15) is 18.1 Å². The third-order valence-electron chi connectivity index (χ3n) is 5.58. The molecule has 0 bridgehead atoms. The molecule has 1 aliphatic rings. The molecule has 0 aliphatic carbocycles. The summed E-state index contributed by atoms with van der Waals surface area (Å²) in [5.41, 5.74) is 6.82. The van der Waals surface area contributed by atoms with Crippen LogP contribution in [-0.4, -0.2) is 36.7 Å². The lowest BCUT2D eigenvalue weighted by molar-refractivity contribution is -0.126. The van der Waals surface area contributed by atoms with E-state index < -0.39 is 11.5 Å². The molecule has 5 nitrogen and oxygen atoms in total. The summed E-state index contributed by atoms with van der Waals surface area (Å²) in [4.78, 5) is 12.8. The summed E-state index contributed by atoms with van der Waals surface area (Å²) in [5, 5.41) is 14.0. The second-order valence-electron chi connectivity index (χ2n) is 7.31. The average molecular weight is 368 g/mol. The van der Waals surface area contributed by atoms with Crippen LogP contribution in [0.2, 0.25) is 0 Å². The summed E-state index contributed by atoms with van der Waals surface area (Å²) >= 11 is 0. The lowest BCUT2D eigenvalue weighted by Crippen LogP contribution is -2.53. The zero-order chi connectivity index (χ0) is 19.3. The van der Waals surface area contributed by atoms with E-state index in [1.54, 1.807) is 31.2 Å². The normalized spacial score (nSPS) is 23.6. The van der Waals surface area contributed by atoms with Crippen LogP contribution in [0.4, 0.5) is 5.69 Å². The Labute approximate surface area is 160 Å². The maximum absolute atomic E-state index is 12.8. The van der Waals surface area contributed by atoms with Gasteiger partial charge < -0.3 is 20.9 Å². The Kier molecular flexibility index (Phi) is 6.14. The number of nitrogen functional groups attached to an aromatic ring is 1. The van der Waals surface area contributed by atoms with Gasteiger partial charge >= 0.3 is 0 Å². The van der Waals surface area contributed by atoms with Crippen molar-refractivity contribution in [2.75, 3.05) is 25.4 Å². The van der Waals surface area contributed by atoms with Gasteiger partial charge in [0, 0.05) is 5.69 Å². The van der Waals surface area contributed by atoms with Gasteiger partial charge in [0.25, 0.3) is 0 Å². The summed E-state index contributed by atoms with van der Waals surface area (Å²) in [6.07, 6.45) is 0.578. The molecule has 1 heterocycles. The number of ether oxygens (including phenoxy) is 1. The van der Waals surface area contributed by atoms with E-state index >= 15 is 0 Å². The van der Waals surface area contributed by atoms with E-state index in [2.05, 4.69) is 5.32 Å². The molecule has 144 valence electrons. The second-order valence-corrected chi connectivity index (χ2v) is 7.31. The maximum atomic E-state index is 12.8. The van der Waals surface area contributed by atoms with E-state index in [-0.39, 0.29) is 18.3 Å². The molecule has 0 unspecified atom stereocenters. The minimum absolute atomic E-state index is 0.0103. The maximum Gasteiger partial charge on any atom is 0.140 e. The molecule has 3 rings (SSSR count). The van der Waals surface area contributed by atoms with Crippen LogP contribution in [0.1, 0.15) is 25.3 Å². The molecular weight excluding hydrogens is 340 g/mol. The fourth-order valence-corrected chi connectivity index (χ4v) is 4.16. The number of hydrogen-bond acceptors (Lipinski definition) is 5. The van der Waals surface area contributed by atoms with E-state index in [0.717, 1.165) is 18.5 Å². The summed E-state index contributed by atoms with van der Waals surface area (Å²) in [7, 11) is 0. The van der Waals surface area contributed by atoms with Gasteiger partial charge in [-0.2, -0.15) is 0 Å². The molecule has 5 heteroatoms. The number of carbonyl (C=O) groups is 1. The fourth-order valence-electron chi connectivity index (χ4n) is 4.16. The largest absolute Gasteiger partial charge is 0.491 e. The average Bonchev–Trinajstić information content (AvgIpc) is 2.68. The van der Waals surface area contributed by atoms with Gasteiger partial charge in [0.2, 0.25) is 0 Å². The summed E-state index contributed by atoms with van der Waals surface area (Å²) in [6.45, 7) is 3.35. The van der Waals surface area contributed by atoms with Crippen molar-refractivity contribution in [1.29, 1.82) is 0 Å². The Hall–Kier alpha value is -2.37. The highest BCUT2D eigenvalue weighted by molar-refractivity contribution is 5.88. The topological polar surface area (TPSA) is 84.6 Å². The Morgan fingerprint density at radius 3 is 2.63 bits per heavy atom. The SMILES string of the molecule is CC(=O)[C@]1(c2ccccc2)CCNC[C@@H]1C[C@H](O)COc1ccc(N)cc1. The van der Waals surface area contributed by atoms with Crippen molar-refractivity contribution in [3.63, 3.8) is 0 Å². The van der Waals surface area contributed by atoms with Gasteiger partial charge in [-0.25, -0.2) is 0 Å². The number of aliphatic hydroxyl groups is 1. The van der Waals surface area contributed by atoms with Gasteiger partial charge in [-0.3, -0.25) is 4.79 Å². The number of anilines is 1. The van der Waals surface area contributed by atoms with Crippen molar-refractivity contribution in [2.45, 2.75) is 31.3 Å². The van der Waals surface area contributed by atoms with Gasteiger partial charge in [0.05, 0.1) is 11.5 Å². The third kappa shape index (κ3) is 4.31. The second kappa shape index (κ2) is 8.55. The number of piperidine rings is 1. The summed E-state index contributed by atoms with van der Waals surface area (Å²) in [6, 6.07) is 17.1. The monoisotopic (exact) mass is 368 g/mol. The highest BCUT2D eigenvalue weighted by atomic mass is 16.5. The highest BCUT2D eigenvalue weighted by Gasteiger charge is 2.46. The lowest BCUT2D eigenvalue weighted by atomic mass is 9.62. The van der Waals surface area contributed by atoms with Crippen molar-refractivity contribution < 1.29 is 14.6 Å². The molecule has 2 aromatic rings. The predicted octanol–water partition coefficient (Wildman–Crippen LogP) is 2.54. The number of rotatable bonds is 7. The summed E-state index contributed by atoms with van der Waals surface area (Å²) in [5.74, 6) is 0.842. The highest BCUT2D eigenvalue weighted by Crippen LogP contribution is 2.41. The number of ketones is 1. The molecule has 4 N–H and O–H groups in total. The molecule has 0 radical (unpaired) electrons. The van der Waals surface area contributed by atoms with E-state index in [1.165, 1.54) is 0 Å². The van der Waals surface area contributed by atoms with Crippen LogP contribution in [-0.2, 0) is 10.2 Å². The van der Waals surface area contributed by atoms with E-state index in [1.807, 2.05) is 30.3 Å². The van der Waals surface area contributed by atoms with Gasteiger partial charge in [-0.1, -0.05) is 30.3 Å². The standard InChI is InChI=1S/C22H28N2O3/c1-16(25)22(17-5-3-2-4-6-17)11-12-24-14-18(22)13-20(26)15-27-21-9-7-19(23)8-10-21/h2-10,18,20,24,26H,11-15,23H2,1H3/t18-,20-,22-/m0/s1. The van der Waals surface area contributed by atoms with Crippen LogP contribution < -0.4 is 15.8 Å². The number of aliphatic hydroxyl groups excluding tert-OH is 1. The Morgan fingerprint density at radius 2 is 1.96 bits per heavy atom. The number of carbonyl (C=O) groups excluding carboxylic acids is 1. The molecule has 1 saturated heterocycles. The quantitative estimate of drug-likeness (QED) is 0.654. The first kappa shape index (κ1) is 19.4. The van der Waals surface area contributed by atoms with Crippen molar-refractivity contribution in [3.8, 4) is 5.75 Å².